The second-order valence-electron chi connectivity index (χ2n) is 2.76. The van der Waals surface area contributed by atoms with Crippen LogP contribution in [0.4, 0.5) is 0 Å². The summed E-state index contributed by atoms with van der Waals surface area (Å²) < 4.78 is 4.34. The quantitative estimate of drug-likeness (QED) is 0.298. The van der Waals surface area contributed by atoms with Crippen molar-refractivity contribution in [1.82, 2.24) is 0 Å². The van der Waals surface area contributed by atoms with Gasteiger partial charge in [0.25, 0.3) is 0 Å². The molecule has 0 aliphatic carbocycles. The molecule has 76 valence electrons. The molecule has 0 radical (unpaired) electrons. The summed E-state index contributed by atoms with van der Waals surface area (Å²) in [6, 6.07) is 0. The zero-order chi connectivity index (χ0) is 10.2. The molecule has 1 aliphatic heterocycles. The van der Waals surface area contributed by atoms with Crippen molar-refractivity contribution in [2.45, 2.75) is 30.7 Å². The van der Waals surface area contributed by atoms with E-state index < -0.39 is 36.7 Å². The van der Waals surface area contributed by atoms with Gasteiger partial charge in [-0.25, -0.2) is 4.79 Å². The summed E-state index contributed by atoms with van der Waals surface area (Å²) in [7, 11) is 0. The number of carboxylic acid groups (broad SMARTS) is 1. The lowest BCUT2D eigenvalue weighted by Gasteiger charge is -2.36. The van der Waals surface area contributed by atoms with Crippen molar-refractivity contribution in [2.75, 3.05) is 0 Å². The van der Waals surface area contributed by atoms with Gasteiger partial charge in [-0.1, -0.05) is 0 Å². The normalized spacial score (nSPS) is 46.0. The summed E-state index contributed by atoms with van der Waals surface area (Å²) in [5.74, 6) is -1.52. The predicted octanol–water partition coefficient (Wildman–Crippen LogP) is -3.13. The Morgan fingerprint density at radius 2 is 1.54 bits per heavy atom. The molecule has 0 bridgehead atoms. The first kappa shape index (κ1) is 10.4. The van der Waals surface area contributed by atoms with Crippen LogP contribution in [0.2, 0.25) is 0 Å². The standard InChI is InChI=1S/C6H10O7/c7-1-2(8)4(5(10)11)13-6(12)3(1)9/h1-4,6-9,12H,(H,10,11)/t1-,2+,3?,4?,6?/m0/s1. The molecule has 1 rings (SSSR count). The van der Waals surface area contributed by atoms with Gasteiger partial charge in [-0.3, -0.25) is 0 Å². The molecule has 0 aromatic heterocycles. The molecule has 1 fully saturated rings. The Kier molecular flexibility index (Phi) is 2.84. The zero-order valence-corrected chi connectivity index (χ0v) is 6.44. The lowest BCUT2D eigenvalue weighted by atomic mass is 9.99. The van der Waals surface area contributed by atoms with Crippen molar-refractivity contribution in [3.63, 3.8) is 0 Å². The average Bonchev–Trinajstić information content (AvgIpc) is 2.07. The fourth-order valence-electron chi connectivity index (χ4n) is 1.07. The van der Waals surface area contributed by atoms with Crippen molar-refractivity contribution >= 4 is 5.97 Å². The summed E-state index contributed by atoms with van der Waals surface area (Å²) in [5, 5.41) is 44.4. The number of aliphatic hydroxyl groups is 4. The third kappa shape index (κ3) is 1.79. The Labute approximate surface area is 72.8 Å². The van der Waals surface area contributed by atoms with Gasteiger partial charge in [-0.2, -0.15) is 0 Å². The van der Waals surface area contributed by atoms with Gasteiger partial charge >= 0.3 is 5.97 Å². The molecule has 5 N–H and O–H groups in total. The first-order valence-electron chi connectivity index (χ1n) is 3.55. The number of rotatable bonds is 1. The predicted molar refractivity (Wildman–Crippen MR) is 36.5 cm³/mol. The third-order valence-electron chi connectivity index (χ3n) is 1.83. The Morgan fingerprint density at radius 1 is 1.00 bits per heavy atom. The smallest absolute Gasteiger partial charge is 0.335 e. The molecular formula is C6H10O7. The fraction of sp³-hybridized carbons (Fsp3) is 0.833. The highest BCUT2D eigenvalue weighted by Gasteiger charge is 2.46. The van der Waals surface area contributed by atoms with Gasteiger partial charge in [-0.15, -0.1) is 0 Å². The Bertz CT molecular complexity index is 205. The second kappa shape index (κ2) is 3.56. The molecule has 5 atom stereocenters. The minimum atomic E-state index is -1.81. The van der Waals surface area contributed by atoms with Crippen molar-refractivity contribution in [1.29, 1.82) is 0 Å². The van der Waals surface area contributed by atoms with Gasteiger partial charge < -0.3 is 30.3 Å². The molecular weight excluding hydrogens is 184 g/mol. The number of hydrogen-bond donors (Lipinski definition) is 5. The largest absolute Gasteiger partial charge is 0.479 e. The number of ether oxygens (including phenoxy) is 1. The van der Waals surface area contributed by atoms with Crippen LogP contribution in [0.25, 0.3) is 0 Å². The van der Waals surface area contributed by atoms with E-state index in [0.29, 0.717) is 0 Å². The van der Waals surface area contributed by atoms with Crippen LogP contribution >= 0.6 is 0 Å². The molecule has 0 amide bonds. The molecule has 0 saturated carbocycles. The van der Waals surface area contributed by atoms with E-state index in [2.05, 4.69) is 4.74 Å². The maximum absolute atomic E-state index is 10.4. The molecule has 1 saturated heterocycles. The zero-order valence-electron chi connectivity index (χ0n) is 6.44. The van der Waals surface area contributed by atoms with Crippen molar-refractivity contribution < 1.29 is 35.1 Å². The van der Waals surface area contributed by atoms with Crippen LogP contribution in [0.3, 0.4) is 0 Å². The molecule has 0 aromatic carbocycles. The highest BCUT2D eigenvalue weighted by molar-refractivity contribution is 5.73. The fourth-order valence-corrected chi connectivity index (χ4v) is 1.07. The van der Waals surface area contributed by atoms with Gasteiger partial charge in [0.1, 0.15) is 18.3 Å². The first-order valence-corrected chi connectivity index (χ1v) is 3.55. The Balaban J connectivity index is 2.76. The van der Waals surface area contributed by atoms with Crippen LogP contribution < -0.4 is 0 Å². The number of carbonyl (C=O) groups is 1. The molecule has 13 heavy (non-hydrogen) atoms. The average molecular weight is 194 g/mol. The lowest BCUT2D eigenvalue weighted by molar-refractivity contribution is -0.279. The molecule has 1 aliphatic rings. The van der Waals surface area contributed by atoms with E-state index in [1.54, 1.807) is 0 Å². The maximum atomic E-state index is 10.4. The number of aliphatic carboxylic acids is 1. The summed E-state index contributed by atoms with van der Waals surface area (Å²) in [4.78, 5) is 10.4. The number of hydrogen-bond acceptors (Lipinski definition) is 6. The minimum Gasteiger partial charge on any atom is -0.479 e. The second-order valence-corrected chi connectivity index (χ2v) is 2.76. The highest BCUT2D eigenvalue weighted by Crippen LogP contribution is 2.19. The maximum Gasteiger partial charge on any atom is 0.335 e. The van der Waals surface area contributed by atoms with Gasteiger partial charge in [0.2, 0.25) is 0 Å². The van der Waals surface area contributed by atoms with Crippen LogP contribution in [-0.2, 0) is 9.53 Å². The van der Waals surface area contributed by atoms with Crippen molar-refractivity contribution in [3.8, 4) is 0 Å². The Hall–Kier alpha value is -0.730. The van der Waals surface area contributed by atoms with Gasteiger partial charge in [-0.05, 0) is 0 Å². The van der Waals surface area contributed by atoms with E-state index in [4.69, 9.17) is 25.5 Å². The van der Waals surface area contributed by atoms with E-state index in [-0.39, 0.29) is 0 Å². The van der Waals surface area contributed by atoms with E-state index >= 15 is 0 Å². The van der Waals surface area contributed by atoms with Crippen LogP contribution in [0.1, 0.15) is 0 Å². The SMILES string of the molecule is O=C(O)C1OC(O)C(O)[C@@H](O)[C@H]1O. The van der Waals surface area contributed by atoms with Crippen LogP contribution in [0, 0.1) is 0 Å². The summed E-state index contributed by atoms with van der Waals surface area (Å²) in [6.45, 7) is 0. The van der Waals surface area contributed by atoms with E-state index in [1.807, 2.05) is 0 Å². The summed E-state index contributed by atoms with van der Waals surface area (Å²) >= 11 is 0. The highest BCUT2D eigenvalue weighted by atomic mass is 16.6. The van der Waals surface area contributed by atoms with Gasteiger partial charge in [0.15, 0.2) is 12.4 Å². The van der Waals surface area contributed by atoms with Gasteiger partial charge in [0.05, 0.1) is 0 Å². The van der Waals surface area contributed by atoms with Crippen LogP contribution in [0.15, 0.2) is 0 Å². The first-order chi connectivity index (χ1) is 5.95. The van der Waals surface area contributed by atoms with E-state index in [0.717, 1.165) is 0 Å². The molecule has 1 heterocycles. The minimum absolute atomic E-state index is 1.52. The van der Waals surface area contributed by atoms with Crippen molar-refractivity contribution in [2.24, 2.45) is 0 Å². The monoisotopic (exact) mass is 194 g/mol. The van der Waals surface area contributed by atoms with Crippen molar-refractivity contribution in [3.05, 3.63) is 0 Å². The van der Waals surface area contributed by atoms with Crippen LogP contribution in [-0.4, -0.2) is 62.2 Å². The third-order valence-corrected chi connectivity index (χ3v) is 1.83. The molecule has 7 heteroatoms. The molecule has 0 aromatic rings. The number of carboxylic acids is 1. The van der Waals surface area contributed by atoms with Crippen LogP contribution in [0.5, 0.6) is 0 Å². The van der Waals surface area contributed by atoms with E-state index in [1.165, 1.54) is 0 Å². The molecule has 7 nitrogen and oxygen atoms in total. The number of aliphatic hydroxyl groups excluding tert-OH is 4. The van der Waals surface area contributed by atoms with E-state index in [9.17, 15) is 4.79 Å². The van der Waals surface area contributed by atoms with Gasteiger partial charge in [0, 0.05) is 0 Å². The summed E-state index contributed by atoms with van der Waals surface area (Å²) in [5.41, 5.74) is 0. The summed E-state index contributed by atoms with van der Waals surface area (Å²) in [6.07, 6.45) is -8.72. The molecule has 0 spiro atoms. The lowest BCUT2D eigenvalue weighted by Crippen LogP contribution is -2.59. The molecule has 3 unspecified atom stereocenters. The Morgan fingerprint density at radius 3 is 2.00 bits per heavy atom. The topological polar surface area (TPSA) is 127 Å².